The first-order chi connectivity index (χ1) is 12.0. The van der Waals surface area contributed by atoms with E-state index in [0.29, 0.717) is 11.3 Å². The number of hydrogen-bond donors (Lipinski definition) is 1. The average molecular weight is 397 g/mol. The Kier molecular flexibility index (Phi) is 6.10. The minimum absolute atomic E-state index is 0.00599. The van der Waals surface area contributed by atoms with Gasteiger partial charge in [-0.1, -0.05) is 35.4 Å². The van der Waals surface area contributed by atoms with Crippen molar-refractivity contribution in [1.82, 2.24) is 4.72 Å². The third-order valence-electron chi connectivity index (χ3n) is 3.95. The molecule has 26 heavy (non-hydrogen) atoms. The van der Waals surface area contributed by atoms with Gasteiger partial charge in [-0.2, -0.15) is 0 Å². The van der Waals surface area contributed by atoms with Crippen molar-refractivity contribution in [3.8, 4) is 0 Å². The van der Waals surface area contributed by atoms with E-state index in [-0.39, 0.29) is 18.0 Å². The highest BCUT2D eigenvalue weighted by Gasteiger charge is 2.20. The molecule has 6 nitrogen and oxygen atoms in total. The van der Waals surface area contributed by atoms with E-state index in [1.54, 1.807) is 37.3 Å². The van der Waals surface area contributed by atoms with Crippen LogP contribution in [0.5, 0.6) is 0 Å². The van der Waals surface area contributed by atoms with Crippen molar-refractivity contribution in [3.63, 3.8) is 0 Å². The van der Waals surface area contributed by atoms with Gasteiger partial charge in [-0.05, 0) is 44.5 Å². The normalized spacial score (nSPS) is 12.2. The maximum atomic E-state index is 12.5. The molecule has 0 aliphatic heterocycles. The number of nitrogens with zero attached hydrogens (tertiary/aromatic N) is 1. The predicted octanol–water partition coefficient (Wildman–Crippen LogP) is 2.36. The Hall–Kier alpha value is -1.90. The molecule has 0 saturated carbocycles. The number of nitrogens with one attached hydrogen (secondary N) is 1. The van der Waals surface area contributed by atoms with E-state index in [9.17, 15) is 16.8 Å². The van der Waals surface area contributed by atoms with Crippen LogP contribution in [0.15, 0.2) is 47.4 Å². The molecule has 0 bridgehead atoms. The van der Waals surface area contributed by atoms with Crippen LogP contribution in [-0.4, -0.2) is 36.2 Å². The van der Waals surface area contributed by atoms with E-state index in [1.165, 1.54) is 4.31 Å². The van der Waals surface area contributed by atoms with Crippen LogP contribution in [0, 0.1) is 20.8 Å². The highest BCUT2D eigenvalue weighted by Crippen LogP contribution is 2.19. The quantitative estimate of drug-likeness (QED) is 0.779. The van der Waals surface area contributed by atoms with Gasteiger partial charge in [0, 0.05) is 13.1 Å². The standard InChI is InChI=1S/C18H24N2O4S2/c1-14-5-8-17(9-6-14)20(25(4,21)22)12-11-19-26(23,24)18-10-7-15(2)13-16(18)3/h5-10,13,19H,11-12H2,1-4H3. The van der Waals surface area contributed by atoms with E-state index < -0.39 is 20.0 Å². The van der Waals surface area contributed by atoms with E-state index in [1.807, 2.05) is 26.0 Å². The summed E-state index contributed by atoms with van der Waals surface area (Å²) >= 11 is 0. The fourth-order valence-electron chi connectivity index (χ4n) is 2.66. The molecule has 0 atom stereocenters. The SMILES string of the molecule is Cc1ccc(N(CCNS(=O)(=O)c2ccc(C)cc2C)S(C)(=O)=O)cc1. The minimum Gasteiger partial charge on any atom is -0.269 e. The summed E-state index contributed by atoms with van der Waals surface area (Å²) in [5.74, 6) is 0. The third kappa shape index (κ3) is 5.06. The smallest absolute Gasteiger partial charge is 0.240 e. The number of hydrogen-bond acceptors (Lipinski definition) is 4. The molecule has 0 fully saturated rings. The third-order valence-corrected chi connectivity index (χ3v) is 6.76. The number of anilines is 1. The van der Waals surface area contributed by atoms with Gasteiger partial charge in [-0.3, -0.25) is 4.31 Å². The lowest BCUT2D eigenvalue weighted by Gasteiger charge is -2.22. The van der Waals surface area contributed by atoms with Crippen molar-refractivity contribution in [2.24, 2.45) is 0 Å². The van der Waals surface area contributed by atoms with Crippen LogP contribution in [-0.2, 0) is 20.0 Å². The number of rotatable bonds is 7. The molecule has 0 heterocycles. The highest BCUT2D eigenvalue weighted by molar-refractivity contribution is 7.92. The highest BCUT2D eigenvalue weighted by atomic mass is 32.2. The second-order valence-corrected chi connectivity index (χ2v) is 9.98. The van der Waals surface area contributed by atoms with E-state index in [4.69, 9.17) is 0 Å². The molecule has 142 valence electrons. The first-order valence-corrected chi connectivity index (χ1v) is 11.5. The molecule has 0 aliphatic carbocycles. The second kappa shape index (κ2) is 7.77. The lowest BCUT2D eigenvalue weighted by atomic mass is 10.2. The van der Waals surface area contributed by atoms with Gasteiger partial charge in [0.25, 0.3) is 0 Å². The van der Waals surface area contributed by atoms with Crippen molar-refractivity contribution in [3.05, 3.63) is 59.2 Å². The predicted molar refractivity (Wildman–Crippen MR) is 104 cm³/mol. The zero-order chi connectivity index (χ0) is 19.5. The Morgan fingerprint density at radius 2 is 1.46 bits per heavy atom. The van der Waals surface area contributed by atoms with Gasteiger partial charge < -0.3 is 0 Å². The lowest BCUT2D eigenvalue weighted by Crippen LogP contribution is -2.38. The number of sulfonamides is 2. The summed E-state index contributed by atoms with van der Waals surface area (Å²) in [7, 11) is -7.24. The molecule has 2 aromatic carbocycles. The van der Waals surface area contributed by atoms with Gasteiger partial charge in [0.05, 0.1) is 16.8 Å². The summed E-state index contributed by atoms with van der Waals surface area (Å²) in [4.78, 5) is 0.198. The first-order valence-electron chi connectivity index (χ1n) is 8.12. The molecule has 0 aliphatic rings. The average Bonchev–Trinajstić information content (AvgIpc) is 2.51. The van der Waals surface area contributed by atoms with Crippen molar-refractivity contribution in [2.45, 2.75) is 25.7 Å². The zero-order valence-electron chi connectivity index (χ0n) is 15.4. The van der Waals surface area contributed by atoms with E-state index >= 15 is 0 Å². The van der Waals surface area contributed by atoms with Gasteiger partial charge in [0.15, 0.2) is 0 Å². The van der Waals surface area contributed by atoms with Crippen molar-refractivity contribution < 1.29 is 16.8 Å². The molecular weight excluding hydrogens is 372 g/mol. The largest absolute Gasteiger partial charge is 0.269 e. The van der Waals surface area contributed by atoms with Crippen molar-refractivity contribution in [1.29, 1.82) is 0 Å². The van der Waals surface area contributed by atoms with Gasteiger partial charge in [0.1, 0.15) is 0 Å². The maximum Gasteiger partial charge on any atom is 0.240 e. The molecule has 0 amide bonds. The molecule has 0 spiro atoms. The lowest BCUT2D eigenvalue weighted by molar-refractivity contribution is 0.578. The first kappa shape index (κ1) is 20.4. The Labute approximate surface area is 156 Å². The molecule has 0 radical (unpaired) electrons. The summed E-state index contributed by atoms with van der Waals surface area (Å²) in [5.41, 5.74) is 3.14. The molecule has 2 rings (SSSR count). The van der Waals surface area contributed by atoms with Crippen LogP contribution in [0.4, 0.5) is 5.69 Å². The second-order valence-electron chi connectivity index (χ2n) is 6.34. The Morgan fingerprint density at radius 3 is 2.00 bits per heavy atom. The van der Waals surface area contributed by atoms with Crippen LogP contribution >= 0.6 is 0 Å². The maximum absolute atomic E-state index is 12.5. The van der Waals surface area contributed by atoms with Gasteiger partial charge in [0.2, 0.25) is 20.0 Å². The Bertz CT molecular complexity index is 982. The topological polar surface area (TPSA) is 83.6 Å². The van der Waals surface area contributed by atoms with Crippen molar-refractivity contribution >= 4 is 25.7 Å². The summed E-state index contributed by atoms with van der Waals surface area (Å²) in [6.07, 6.45) is 1.10. The van der Waals surface area contributed by atoms with Crippen LogP contribution in [0.3, 0.4) is 0 Å². The van der Waals surface area contributed by atoms with E-state index in [0.717, 1.165) is 17.4 Å². The fourth-order valence-corrected chi connectivity index (χ4v) is 4.83. The monoisotopic (exact) mass is 396 g/mol. The molecular formula is C18H24N2O4S2. The van der Waals surface area contributed by atoms with Crippen LogP contribution in [0.25, 0.3) is 0 Å². The summed E-state index contributed by atoms with van der Waals surface area (Å²) in [6, 6.07) is 12.1. The number of benzene rings is 2. The zero-order valence-corrected chi connectivity index (χ0v) is 17.0. The van der Waals surface area contributed by atoms with Crippen molar-refractivity contribution in [2.75, 3.05) is 23.7 Å². The summed E-state index contributed by atoms with van der Waals surface area (Å²) in [6.45, 7) is 5.51. The van der Waals surface area contributed by atoms with Crippen LogP contribution in [0.2, 0.25) is 0 Å². The van der Waals surface area contributed by atoms with Crippen LogP contribution in [0.1, 0.15) is 16.7 Å². The van der Waals surface area contributed by atoms with Gasteiger partial charge >= 0.3 is 0 Å². The number of aryl methyl sites for hydroxylation is 3. The molecule has 0 saturated heterocycles. The molecule has 1 N–H and O–H groups in total. The summed E-state index contributed by atoms with van der Waals surface area (Å²) in [5, 5.41) is 0. The summed E-state index contributed by atoms with van der Waals surface area (Å²) < 4.78 is 52.8. The fraction of sp³-hybridized carbons (Fsp3) is 0.333. The molecule has 2 aromatic rings. The molecule has 0 unspecified atom stereocenters. The Balaban J connectivity index is 2.15. The molecule has 8 heteroatoms. The van der Waals surface area contributed by atoms with E-state index in [2.05, 4.69) is 4.72 Å². The molecule has 0 aromatic heterocycles. The van der Waals surface area contributed by atoms with Gasteiger partial charge in [-0.25, -0.2) is 21.6 Å². The van der Waals surface area contributed by atoms with Gasteiger partial charge in [-0.15, -0.1) is 0 Å². The minimum atomic E-state index is -3.71. The Morgan fingerprint density at radius 1 is 0.885 bits per heavy atom. The van der Waals surface area contributed by atoms with Crippen LogP contribution < -0.4 is 9.03 Å².